The maximum absolute atomic E-state index is 11.9. The molecule has 2 aromatic carbocycles. The molecule has 0 bridgehead atoms. The molecule has 0 atom stereocenters. The fraction of sp³-hybridized carbons (Fsp3) is 0.125. The Bertz CT molecular complexity index is 807. The van der Waals surface area contributed by atoms with Crippen LogP contribution in [0.3, 0.4) is 0 Å². The maximum Gasteiger partial charge on any atom is 0.311 e. The number of nitro groups is 1. The molecule has 0 aliphatic rings. The number of hydrogen-bond acceptors (Lipinski definition) is 5. The monoisotopic (exact) mass is 392 g/mol. The first-order chi connectivity index (χ1) is 11.4. The number of amides is 1. The smallest absolute Gasteiger partial charge is 0.311 e. The predicted octanol–water partition coefficient (Wildman–Crippen LogP) is 3.50. The molecule has 0 aromatic heterocycles. The Morgan fingerprint density at radius 2 is 2.08 bits per heavy atom. The lowest BCUT2D eigenvalue weighted by Crippen LogP contribution is -2.20. The van der Waals surface area contributed by atoms with Crippen LogP contribution in [0.4, 0.5) is 11.4 Å². The molecular formula is C16H13BrN2O5. The van der Waals surface area contributed by atoms with Crippen LogP contribution in [0.1, 0.15) is 15.9 Å². The van der Waals surface area contributed by atoms with Gasteiger partial charge in [-0.15, -0.1) is 0 Å². The van der Waals surface area contributed by atoms with Crippen LogP contribution in [0, 0.1) is 17.0 Å². The van der Waals surface area contributed by atoms with E-state index in [1.165, 1.54) is 12.1 Å². The number of ether oxygens (including phenoxy) is 1. The first kappa shape index (κ1) is 17.6. The average molecular weight is 393 g/mol. The summed E-state index contributed by atoms with van der Waals surface area (Å²) in [6.45, 7) is 1.52. The van der Waals surface area contributed by atoms with E-state index in [2.05, 4.69) is 21.2 Å². The number of halogens is 1. The minimum absolute atomic E-state index is 0.0799. The highest BCUT2D eigenvalue weighted by atomic mass is 79.9. The molecule has 0 aliphatic carbocycles. The van der Waals surface area contributed by atoms with E-state index in [1.54, 1.807) is 6.07 Å². The number of nitrogens with zero attached hydrogens (tertiary/aromatic N) is 1. The summed E-state index contributed by atoms with van der Waals surface area (Å²) < 4.78 is 5.93. The summed E-state index contributed by atoms with van der Waals surface area (Å²) in [6.07, 6.45) is 0.498. The molecule has 24 heavy (non-hydrogen) atoms. The Labute approximate surface area is 145 Å². The summed E-state index contributed by atoms with van der Waals surface area (Å²) in [6, 6.07) is 9.18. The lowest BCUT2D eigenvalue weighted by atomic mass is 10.2. The normalized spacial score (nSPS) is 10.1. The number of aryl methyl sites for hydroxylation is 1. The van der Waals surface area contributed by atoms with Gasteiger partial charge in [0, 0.05) is 16.1 Å². The van der Waals surface area contributed by atoms with E-state index < -0.39 is 17.4 Å². The van der Waals surface area contributed by atoms with Gasteiger partial charge in [0.25, 0.3) is 5.91 Å². The quantitative estimate of drug-likeness (QED) is 0.460. The Morgan fingerprint density at radius 3 is 2.71 bits per heavy atom. The zero-order valence-electron chi connectivity index (χ0n) is 12.6. The van der Waals surface area contributed by atoms with Gasteiger partial charge in [-0.2, -0.15) is 0 Å². The van der Waals surface area contributed by atoms with Crippen LogP contribution < -0.4 is 10.1 Å². The fourth-order valence-electron chi connectivity index (χ4n) is 1.92. The van der Waals surface area contributed by atoms with Crippen LogP contribution in [-0.2, 0) is 4.79 Å². The van der Waals surface area contributed by atoms with Gasteiger partial charge in [0.05, 0.1) is 10.6 Å². The Morgan fingerprint density at radius 1 is 1.33 bits per heavy atom. The summed E-state index contributed by atoms with van der Waals surface area (Å²) in [5.74, 6) is -0.544. The number of aldehydes is 1. The van der Waals surface area contributed by atoms with Crippen LogP contribution in [0.15, 0.2) is 40.9 Å². The first-order valence-electron chi connectivity index (χ1n) is 6.83. The van der Waals surface area contributed by atoms with Crippen molar-refractivity contribution in [3.8, 4) is 5.75 Å². The average Bonchev–Trinajstić information content (AvgIpc) is 2.55. The summed E-state index contributed by atoms with van der Waals surface area (Å²) in [7, 11) is 0. The zero-order valence-corrected chi connectivity index (χ0v) is 14.2. The van der Waals surface area contributed by atoms with Gasteiger partial charge in [-0.1, -0.05) is 6.07 Å². The molecule has 124 valence electrons. The van der Waals surface area contributed by atoms with Crippen molar-refractivity contribution < 1.29 is 19.2 Å². The maximum atomic E-state index is 11.9. The molecule has 0 heterocycles. The van der Waals surface area contributed by atoms with Gasteiger partial charge in [-0.05, 0) is 52.7 Å². The Kier molecular flexibility index (Phi) is 5.64. The third-order valence-corrected chi connectivity index (χ3v) is 3.73. The van der Waals surface area contributed by atoms with Gasteiger partial charge in [-0.25, -0.2) is 0 Å². The minimum atomic E-state index is -0.670. The van der Waals surface area contributed by atoms with E-state index in [9.17, 15) is 19.7 Å². The van der Waals surface area contributed by atoms with E-state index in [4.69, 9.17) is 4.74 Å². The van der Waals surface area contributed by atoms with E-state index in [1.807, 2.05) is 19.1 Å². The number of carbonyl (C=O) groups excluding carboxylic acids is 2. The lowest BCUT2D eigenvalue weighted by Gasteiger charge is -2.10. The number of carbonyl (C=O) groups is 2. The van der Waals surface area contributed by atoms with E-state index in [0.29, 0.717) is 12.0 Å². The molecule has 2 aromatic rings. The van der Waals surface area contributed by atoms with Crippen LogP contribution in [0.5, 0.6) is 5.75 Å². The van der Waals surface area contributed by atoms with Crippen molar-refractivity contribution in [2.45, 2.75) is 6.92 Å². The highest BCUT2D eigenvalue weighted by Crippen LogP contribution is 2.28. The molecule has 2 rings (SSSR count). The van der Waals surface area contributed by atoms with Crippen molar-refractivity contribution in [1.82, 2.24) is 0 Å². The highest BCUT2D eigenvalue weighted by Gasteiger charge is 2.17. The molecule has 0 radical (unpaired) electrons. The molecule has 1 N–H and O–H groups in total. The van der Waals surface area contributed by atoms with Crippen molar-refractivity contribution in [3.63, 3.8) is 0 Å². The molecule has 0 fully saturated rings. The second kappa shape index (κ2) is 7.69. The Hall–Kier alpha value is -2.74. The van der Waals surface area contributed by atoms with Gasteiger partial charge < -0.3 is 10.1 Å². The van der Waals surface area contributed by atoms with Gasteiger partial charge in [0.1, 0.15) is 6.29 Å². The highest BCUT2D eigenvalue weighted by molar-refractivity contribution is 9.10. The summed E-state index contributed by atoms with van der Waals surface area (Å²) in [5.41, 5.74) is 1.38. The number of rotatable bonds is 6. The number of benzene rings is 2. The van der Waals surface area contributed by atoms with Gasteiger partial charge >= 0.3 is 5.69 Å². The summed E-state index contributed by atoms with van der Waals surface area (Å²) in [5, 5.41) is 13.6. The third kappa shape index (κ3) is 4.39. The second-order valence-electron chi connectivity index (χ2n) is 4.92. The molecule has 0 unspecified atom stereocenters. The molecule has 1 amide bonds. The van der Waals surface area contributed by atoms with Crippen LogP contribution in [0.25, 0.3) is 0 Å². The van der Waals surface area contributed by atoms with Crippen molar-refractivity contribution in [2.24, 2.45) is 0 Å². The minimum Gasteiger partial charge on any atom is -0.477 e. The first-order valence-corrected chi connectivity index (χ1v) is 7.62. The van der Waals surface area contributed by atoms with Crippen LogP contribution >= 0.6 is 15.9 Å². The molecule has 0 spiro atoms. The molecule has 8 heteroatoms. The molecular weight excluding hydrogens is 380 g/mol. The molecule has 0 saturated heterocycles. The predicted molar refractivity (Wildman–Crippen MR) is 91.5 cm³/mol. The van der Waals surface area contributed by atoms with Gasteiger partial charge in [0.15, 0.2) is 12.4 Å². The second-order valence-corrected chi connectivity index (χ2v) is 5.78. The van der Waals surface area contributed by atoms with Crippen molar-refractivity contribution >= 4 is 39.5 Å². The molecule has 0 saturated carbocycles. The Balaban J connectivity index is 2.06. The zero-order chi connectivity index (χ0) is 17.7. The summed E-state index contributed by atoms with van der Waals surface area (Å²) in [4.78, 5) is 33.0. The lowest BCUT2D eigenvalue weighted by molar-refractivity contribution is -0.385. The largest absolute Gasteiger partial charge is 0.477 e. The van der Waals surface area contributed by atoms with E-state index in [0.717, 1.165) is 16.1 Å². The number of hydrogen-bond donors (Lipinski definition) is 1. The fourth-order valence-corrected chi connectivity index (χ4v) is 2.52. The van der Waals surface area contributed by atoms with E-state index in [-0.39, 0.29) is 17.0 Å². The van der Waals surface area contributed by atoms with E-state index >= 15 is 0 Å². The summed E-state index contributed by atoms with van der Waals surface area (Å²) >= 11 is 3.34. The van der Waals surface area contributed by atoms with Gasteiger partial charge in [0.2, 0.25) is 0 Å². The molecule has 7 nitrogen and oxygen atoms in total. The van der Waals surface area contributed by atoms with Crippen LogP contribution in [0.2, 0.25) is 0 Å². The number of nitro benzene ring substituents is 1. The van der Waals surface area contributed by atoms with Crippen LogP contribution in [-0.4, -0.2) is 23.7 Å². The standard InChI is InChI=1S/C16H13BrN2O5/c1-10-2-4-13(12(17)6-10)18-16(21)9-24-15-5-3-11(8-20)7-14(15)19(22)23/h2-8H,9H2,1H3,(H,18,21). The molecule has 0 aliphatic heterocycles. The third-order valence-electron chi connectivity index (χ3n) is 3.07. The van der Waals surface area contributed by atoms with Crippen molar-refractivity contribution in [3.05, 3.63) is 62.1 Å². The SMILES string of the molecule is Cc1ccc(NC(=O)COc2ccc(C=O)cc2[N+](=O)[O-])c(Br)c1. The van der Waals surface area contributed by atoms with Gasteiger partial charge in [-0.3, -0.25) is 19.7 Å². The van der Waals surface area contributed by atoms with Crippen molar-refractivity contribution in [1.29, 1.82) is 0 Å². The topological polar surface area (TPSA) is 98.5 Å². The van der Waals surface area contributed by atoms with Crippen molar-refractivity contribution in [2.75, 3.05) is 11.9 Å². The number of anilines is 1. The number of nitrogens with one attached hydrogen (secondary N) is 1.